The quantitative estimate of drug-likeness (QED) is 0.772. The molecule has 0 saturated heterocycles. The molecule has 0 aromatic rings. The molecule has 0 heterocycles. The minimum Gasteiger partial charge on any atom is -0.480 e. The van der Waals surface area contributed by atoms with Crippen molar-refractivity contribution < 1.29 is 19.1 Å². The van der Waals surface area contributed by atoms with E-state index in [1.54, 1.807) is 0 Å². The first-order valence-corrected chi connectivity index (χ1v) is 9.04. The molecule has 100 valence electrons. The zero-order chi connectivity index (χ0) is 13.3. The van der Waals surface area contributed by atoms with Crippen LogP contribution in [0.1, 0.15) is 33.6 Å². The Morgan fingerprint density at radius 3 is 2.24 bits per heavy atom. The zero-order valence-corrected chi connectivity index (χ0v) is 12.4. The third kappa shape index (κ3) is 4.08. The summed E-state index contributed by atoms with van der Waals surface area (Å²) in [7, 11) is -1.68. The molecule has 0 amide bonds. The van der Waals surface area contributed by atoms with Crippen molar-refractivity contribution in [3.63, 3.8) is 0 Å². The van der Waals surface area contributed by atoms with Gasteiger partial charge in [-0.1, -0.05) is 20.8 Å². The van der Waals surface area contributed by atoms with Crippen LogP contribution in [0.4, 0.5) is 0 Å². The topological polar surface area (TPSA) is 55.8 Å². The monoisotopic (exact) mass is 260 g/mol. The van der Waals surface area contributed by atoms with Gasteiger partial charge in [0.15, 0.2) is 8.32 Å². The van der Waals surface area contributed by atoms with Crippen molar-refractivity contribution in [2.24, 2.45) is 0 Å². The molecule has 1 rings (SSSR count). The standard InChI is InChI=1S/C12H24O4Si/c1-12(2,3)17(4,5)16-10-6-9(7-10)15-8-11(13)14/h9-10H,6-8H2,1-5H3,(H,13,14). The Morgan fingerprint density at radius 1 is 1.29 bits per heavy atom. The van der Waals surface area contributed by atoms with Crippen LogP contribution in [0, 0.1) is 0 Å². The van der Waals surface area contributed by atoms with Gasteiger partial charge in [-0.05, 0) is 31.0 Å². The van der Waals surface area contributed by atoms with E-state index in [9.17, 15) is 4.79 Å². The molecule has 0 bridgehead atoms. The normalized spacial score (nSPS) is 25.5. The predicted octanol–water partition coefficient (Wildman–Crippen LogP) is 2.64. The molecular weight excluding hydrogens is 236 g/mol. The second-order valence-corrected chi connectivity index (χ2v) is 11.1. The minimum absolute atomic E-state index is 0.0702. The average molecular weight is 260 g/mol. The van der Waals surface area contributed by atoms with Gasteiger partial charge < -0.3 is 14.3 Å². The Balaban J connectivity index is 2.28. The van der Waals surface area contributed by atoms with E-state index in [0.717, 1.165) is 12.8 Å². The van der Waals surface area contributed by atoms with Gasteiger partial charge in [0.05, 0.1) is 6.10 Å². The van der Waals surface area contributed by atoms with E-state index in [1.807, 2.05) is 0 Å². The van der Waals surface area contributed by atoms with Crippen LogP contribution in [0.5, 0.6) is 0 Å². The zero-order valence-electron chi connectivity index (χ0n) is 11.4. The molecule has 0 aliphatic heterocycles. The summed E-state index contributed by atoms with van der Waals surface area (Å²) in [5, 5.41) is 8.71. The van der Waals surface area contributed by atoms with Gasteiger partial charge in [0, 0.05) is 6.10 Å². The van der Waals surface area contributed by atoms with Crippen LogP contribution >= 0.6 is 0 Å². The van der Waals surface area contributed by atoms with Gasteiger partial charge in [-0.25, -0.2) is 4.79 Å². The van der Waals surface area contributed by atoms with Gasteiger partial charge in [-0.2, -0.15) is 0 Å². The first kappa shape index (κ1) is 14.7. The van der Waals surface area contributed by atoms with Crippen LogP contribution in [0.25, 0.3) is 0 Å². The van der Waals surface area contributed by atoms with Crippen LogP contribution in [0.3, 0.4) is 0 Å². The van der Waals surface area contributed by atoms with Crippen molar-refractivity contribution >= 4 is 14.3 Å². The summed E-state index contributed by atoms with van der Waals surface area (Å²) in [5.41, 5.74) is 0. The summed E-state index contributed by atoms with van der Waals surface area (Å²) >= 11 is 0. The smallest absolute Gasteiger partial charge is 0.329 e. The Hall–Kier alpha value is -0.393. The third-order valence-corrected chi connectivity index (χ3v) is 8.30. The summed E-state index contributed by atoms with van der Waals surface area (Å²) in [6.07, 6.45) is 2.00. The highest BCUT2D eigenvalue weighted by molar-refractivity contribution is 6.74. The van der Waals surface area contributed by atoms with E-state index in [0.29, 0.717) is 0 Å². The highest BCUT2D eigenvalue weighted by atomic mass is 28.4. The Bertz CT molecular complexity index is 277. The number of hydrogen-bond donors (Lipinski definition) is 1. The van der Waals surface area contributed by atoms with E-state index in [1.165, 1.54) is 0 Å². The highest BCUT2D eigenvalue weighted by Crippen LogP contribution is 2.40. The summed E-state index contributed by atoms with van der Waals surface area (Å²) in [6.45, 7) is 10.9. The summed E-state index contributed by atoms with van der Waals surface area (Å²) in [5.74, 6) is -0.904. The first-order chi connectivity index (χ1) is 7.62. The maximum absolute atomic E-state index is 10.3. The number of rotatable bonds is 5. The summed E-state index contributed by atoms with van der Waals surface area (Å²) < 4.78 is 11.4. The van der Waals surface area contributed by atoms with Crippen LogP contribution in [0.15, 0.2) is 0 Å². The number of ether oxygens (including phenoxy) is 1. The molecular formula is C12H24O4Si. The maximum atomic E-state index is 10.3. The van der Waals surface area contributed by atoms with Gasteiger partial charge in [0.1, 0.15) is 6.61 Å². The van der Waals surface area contributed by atoms with Crippen LogP contribution in [-0.4, -0.2) is 38.2 Å². The largest absolute Gasteiger partial charge is 0.480 e. The van der Waals surface area contributed by atoms with Gasteiger partial charge in [0.2, 0.25) is 0 Å². The molecule has 4 nitrogen and oxygen atoms in total. The first-order valence-electron chi connectivity index (χ1n) is 6.13. The fourth-order valence-electron chi connectivity index (χ4n) is 1.53. The van der Waals surface area contributed by atoms with E-state index in [-0.39, 0.29) is 23.9 Å². The lowest BCUT2D eigenvalue weighted by molar-refractivity contribution is -0.149. The average Bonchev–Trinajstić information content (AvgIpc) is 2.06. The van der Waals surface area contributed by atoms with Crippen LogP contribution in [-0.2, 0) is 14.0 Å². The van der Waals surface area contributed by atoms with E-state index in [4.69, 9.17) is 14.3 Å². The molecule has 0 radical (unpaired) electrons. The Labute approximate surface area is 104 Å². The van der Waals surface area contributed by atoms with Crippen molar-refractivity contribution in [1.82, 2.24) is 0 Å². The second kappa shape index (κ2) is 5.08. The lowest BCUT2D eigenvalue weighted by Crippen LogP contribution is -2.49. The van der Waals surface area contributed by atoms with Gasteiger partial charge in [0.25, 0.3) is 0 Å². The van der Waals surface area contributed by atoms with Crippen LogP contribution < -0.4 is 0 Å². The molecule has 0 aromatic heterocycles. The molecule has 1 aliphatic carbocycles. The highest BCUT2D eigenvalue weighted by Gasteiger charge is 2.42. The maximum Gasteiger partial charge on any atom is 0.329 e. The minimum atomic E-state index is -1.68. The third-order valence-electron chi connectivity index (χ3n) is 3.76. The van der Waals surface area contributed by atoms with Gasteiger partial charge in [-0.3, -0.25) is 0 Å². The molecule has 5 heteroatoms. The number of carboxylic acid groups (broad SMARTS) is 1. The summed E-state index contributed by atoms with van der Waals surface area (Å²) in [4.78, 5) is 10.3. The molecule has 1 aliphatic rings. The Morgan fingerprint density at radius 2 is 1.82 bits per heavy atom. The van der Waals surface area contributed by atoms with Crippen molar-refractivity contribution in [3.8, 4) is 0 Å². The molecule has 0 spiro atoms. The van der Waals surface area contributed by atoms with Crippen molar-refractivity contribution in [1.29, 1.82) is 0 Å². The molecule has 1 saturated carbocycles. The van der Waals surface area contributed by atoms with E-state index >= 15 is 0 Å². The van der Waals surface area contributed by atoms with E-state index in [2.05, 4.69) is 33.9 Å². The summed E-state index contributed by atoms with van der Waals surface area (Å²) in [6, 6.07) is 0. The number of aliphatic carboxylic acids is 1. The number of carboxylic acids is 1. The van der Waals surface area contributed by atoms with Gasteiger partial charge >= 0.3 is 5.97 Å². The molecule has 1 N–H and O–H groups in total. The van der Waals surface area contributed by atoms with E-state index < -0.39 is 14.3 Å². The van der Waals surface area contributed by atoms with Crippen LogP contribution in [0.2, 0.25) is 18.1 Å². The molecule has 17 heavy (non-hydrogen) atoms. The number of carbonyl (C=O) groups is 1. The number of hydrogen-bond acceptors (Lipinski definition) is 3. The molecule has 1 fully saturated rings. The fraction of sp³-hybridized carbons (Fsp3) is 0.917. The predicted molar refractivity (Wildman–Crippen MR) is 68.7 cm³/mol. The van der Waals surface area contributed by atoms with Crippen molar-refractivity contribution in [3.05, 3.63) is 0 Å². The van der Waals surface area contributed by atoms with Gasteiger partial charge in [-0.15, -0.1) is 0 Å². The van der Waals surface area contributed by atoms with Crippen molar-refractivity contribution in [2.45, 2.75) is 64.0 Å². The SMILES string of the molecule is CC(C)(C)[Si](C)(C)OC1CC(OCC(=O)O)C1. The Kier molecular flexibility index (Phi) is 4.38. The molecule has 0 atom stereocenters. The lowest BCUT2D eigenvalue weighted by atomic mass is 9.92. The molecule has 0 unspecified atom stereocenters. The van der Waals surface area contributed by atoms with Crippen molar-refractivity contribution in [2.75, 3.05) is 6.61 Å². The lowest BCUT2D eigenvalue weighted by Gasteiger charge is -2.44. The molecule has 0 aromatic carbocycles. The second-order valence-electron chi connectivity index (χ2n) is 6.30. The fourth-order valence-corrected chi connectivity index (χ4v) is 2.91.